The van der Waals surface area contributed by atoms with Gasteiger partial charge in [-0.2, -0.15) is 0 Å². The highest BCUT2D eigenvalue weighted by atomic mass is 32.2. The molecule has 0 spiro atoms. The molecule has 3 rings (SSSR count). The fourth-order valence-electron chi connectivity index (χ4n) is 2.12. The second-order valence-electron chi connectivity index (χ2n) is 5.29. The molecular weight excluding hydrogens is 336 g/mol. The second-order valence-corrected chi connectivity index (χ2v) is 7.95. The highest BCUT2D eigenvalue weighted by molar-refractivity contribution is 8.26. The third kappa shape index (κ3) is 3.97. The number of amides is 2. The standard InChI is InChI=1S/C15H16N2O2S3/c18-13(16-10-5-6-10)4-1-7-17-14(19)12(22-15(17)20)9-11-3-2-8-21-11/h2-3,8-10H,1,4-7H2,(H,16,18)/b12-9-. The van der Waals surface area contributed by atoms with Gasteiger partial charge in [0.1, 0.15) is 4.32 Å². The lowest BCUT2D eigenvalue weighted by molar-refractivity contribution is -0.124. The molecule has 0 unspecified atom stereocenters. The number of rotatable bonds is 6. The smallest absolute Gasteiger partial charge is 0.266 e. The van der Waals surface area contributed by atoms with Crippen LogP contribution in [0.15, 0.2) is 22.4 Å². The molecule has 2 fully saturated rings. The summed E-state index contributed by atoms with van der Waals surface area (Å²) < 4.78 is 0.579. The van der Waals surface area contributed by atoms with Crippen molar-refractivity contribution in [2.24, 2.45) is 0 Å². The molecule has 2 heterocycles. The number of thiocarbonyl (C=S) groups is 1. The summed E-state index contributed by atoms with van der Waals surface area (Å²) in [7, 11) is 0. The molecule has 4 nitrogen and oxygen atoms in total. The summed E-state index contributed by atoms with van der Waals surface area (Å²) in [6.45, 7) is 0.504. The van der Waals surface area contributed by atoms with Crippen LogP contribution in [-0.2, 0) is 9.59 Å². The number of nitrogens with zero attached hydrogens (tertiary/aromatic N) is 1. The van der Waals surface area contributed by atoms with Crippen LogP contribution in [0.1, 0.15) is 30.6 Å². The predicted molar refractivity (Wildman–Crippen MR) is 94.6 cm³/mol. The van der Waals surface area contributed by atoms with Crippen LogP contribution in [-0.4, -0.2) is 33.6 Å². The lowest BCUT2D eigenvalue weighted by atomic mass is 10.2. The Bertz CT molecular complexity index is 621. The van der Waals surface area contributed by atoms with Gasteiger partial charge in [-0.25, -0.2) is 0 Å². The number of carbonyl (C=O) groups excluding carboxylic acids is 2. The van der Waals surface area contributed by atoms with E-state index in [9.17, 15) is 9.59 Å². The van der Waals surface area contributed by atoms with Gasteiger partial charge >= 0.3 is 0 Å². The van der Waals surface area contributed by atoms with Crippen molar-refractivity contribution in [2.45, 2.75) is 31.7 Å². The van der Waals surface area contributed by atoms with Crippen LogP contribution in [0.5, 0.6) is 0 Å². The molecule has 116 valence electrons. The first-order valence-corrected chi connectivity index (χ1v) is 9.32. The van der Waals surface area contributed by atoms with Crippen LogP contribution in [0.2, 0.25) is 0 Å². The average Bonchev–Trinajstić information content (AvgIpc) is 3.06. The molecule has 22 heavy (non-hydrogen) atoms. The second kappa shape index (κ2) is 6.93. The zero-order chi connectivity index (χ0) is 15.5. The first kappa shape index (κ1) is 15.7. The van der Waals surface area contributed by atoms with Crippen LogP contribution in [0, 0.1) is 0 Å². The fraction of sp³-hybridized carbons (Fsp3) is 0.400. The van der Waals surface area contributed by atoms with Gasteiger partial charge < -0.3 is 5.32 Å². The van der Waals surface area contributed by atoms with E-state index in [1.807, 2.05) is 23.6 Å². The van der Waals surface area contributed by atoms with Crippen LogP contribution < -0.4 is 5.32 Å². The quantitative estimate of drug-likeness (QED) is 0.632. The van der Waals surface area contributed by atoms with Gasteiger partial charge in [-0.3, -0.25) is 14.5 Å². The van der Waals surface area contributed by atoms with Crippen molar-refractivity contribution in [1.29, 1.82) is 0 Å². The minimum atomic E-state index is -0.0500. The Hall–Kier alpha value is -1.18. The summed E-state index contributed by atoms with van der Waals surface area (Å²) in [4.78, 5) is 27.3. The van der Waals surface area contributed by atoms with Crippen molar-refractivity contribution in [2.75, 3.05) is 6.54 Å². The molecule has 1 saturated carbocycles. The monoisotopic (exact) mass is 352 g/mol. The number of thiophene rings is 1. The van der Waals surface area contributed by atoms with Crippen LogP contribution in [0.25, 0.3) is 6.08 Å². The van der Waals surface area contributed by atoms with E-state index in [0.29, 0.717) is 34.7 Å². The lowest BCUT2D eigenvalue weighted by Crippen LogP contribution is -2.31. The van der Waals surface area contributed by atoms with Gasteiger partial charge in [-0.05, 0) is 36.8 Å². The molecule has 1 aliphatic carbocycles. The molecule has 1 aromatic rings. The highest BCUT2D eigenvalue weighted by Gasteiger charge is 2.31. The first-order chi connectivity index (χ1) is 10.6. The minimum Gasteiger partial charge on any atom is -0.353 e. The molecule has 7 heteroatoms. The van der Waals surface area contributed by atoms with Crippen molar-refractivity contribution in [3.8, 4) is 0 Å². The van der Waals surface area contributed by atoms with Gasteiger partial charge in [0.15, 0.2) is 0 Å². The van der Waals surface area contributed by atoms with Crippen LogP contribution in [0.3, 0.4) is 0 Å². The number of carbonyl (C=O) groups is 2. The van der Waals surface area contributed by atoms with Crippen molar-refractivity contribution in [3.05, 3.63) is 27.3 Å². The van der Waals surface area contributed by atoms with E-state index < -0.39 is 0 Å². The maximum absolute atomic E-state index is 12.4. The van der Waals surface area contributed by atoms with E-state index in [1.54, 1.807) is 16.2 Å². The van der Waals surface area contributed by atoms with E-state index in [1.165, 1.54) is 11.8 Å². The molecule has 2 aliphatic rings. The maximum atomic E-state index is 12.4. The number of hydrogen-bond donors (Lipinski definition) is 1. The third-order valence-electron chi connectivity index (χ3n) is 3.42. The molecule has 1 aromatic heterocycles. The average molecular weight is 353 g/mol. The minimum absolute atomic E-state index is 0.0500. The van der Waals surface area contributed by atoms with Gasteiger partial charge in [-0.1, -0.05) is 30.0 Å². The summed E-state index contributed by atoms with van der Waals surface area (Å²) in [5.41, 5.74) is 0. The Kier molecular flexibility index (Phi) is 4.95. The Morgan fingerprint density at radius 1 is 1.50 bits per heavy atom. The molecule has 1 saturated heterocycles. The largest absolute Gasteiger partial charge is 0.353 e. The van der Waals surface area contributed by atoms with Crippen LogP contribution >= 0.6 is 35.3 Å². The maximum Gasteiger partial charge on any atom is 0.266 e. The zero-order valence-corrected chi connectivity index (χ0v) is 14.4. The van der Waals surface area contributed by atoms with Crippen molar-refractivity contribution < 1.29 is 9.59 Å². The first-order valence-electron chi connectivity index (χ1n) is 7.22. The van der Waals surface area contributed by atoms with Gasteiger partial charge in [-0.15, -0.1) is 11.3 Å². The fourth-order valence-corrected chi connectivity index (χ4v) is 4.15. The van der Waals surface area contributed by atoms with Crippen molar-refractivity contribution in [3.63, 3.8) is 0 Å². The van der Waals surface area contributed by atoms with Gasteiger partial charge in [0, 0.05) is 23.9 Å². The normalized spacial score (nSPS) is 20.0. The van der Waals surface area contributed by atoms with E-state index in [2.05, 4.69) is 5.32 Å². The number of nitrogens with one attached hydrogen (secondary N) is 1. The molecular formula is C15H16N2O2S3. The number of hydrogen-bond acceptors (Lipinski definition) is 5. The van der Waals surface area contributed by atoms with E-state index in [4.69, 9.17) is 12.2 Å². The van der Waals surface area contributed by atoms with E-state index in [0.717, 1.165) is 17.7 Å². The SMILES string of the molecule is O=C(CCCN1C(=O)/C(=C/c2cccs2)SC1=S)NC1CC1. The Balaban J connectivity index is 1.52. The molecule has 1 N–H and O–H groups in total. The van der Waals surface area contributed by atoms with Gasteiger partial charge in [0.05, 0.1) is 4.91 Å². The molecule has 0 radical (unpaired) electrons. The summed E-state index contributed by atoms with van der Waals surface area (Å²) >= 11 is 8.20. The Labute approximate surface area is 142 Å². The van der Waals surface area contributed by atoms with Crippen molar-refractivity contribution >= 4 is 57.5 Å². The van der Waals surface area contributed by atoms with E-state index in [-0.39, 0.29) is 11.8 Å². The number of thioether (sulfide) groups is 1. The Morgan fingerprint density at radius 2 is 2.32 bits per heavy atom. The summed E-state index contributed by atoms with van der Waals surface area (Å²) in [6.07, 6.45) is 5.14. The van der Waals surface area contributed by atoms with E-state index >= 15 is 0 Å². The summed E-state index contributed by atoms with van der Waals surface area (Å²) in [5.74, 6) is 0.0214. The molecule has 0 atom stereocenters. The van der Waals surface area contributed by atoms with Crippen molar-refractivity contribution in [1.82, 2.24) is 10.2 Å². The highest BCUT2D eigenvalue weighted by Crippen LogP contribution is 2.33. The topological polar surface area (TPSA) is 49.4 Å². The van der Waals surface area contributed by atoms with Gasteiger partial charge in [0.2, 0.25) is 5.91 Å². The predicted octanol–water partition coefficient (Wildman–Crippen LogP) is 3.01. The Morgan fingerprint density at radius 3 is 3.00 bits per heavy atom. The molecule has 2 amide bonds. The zero-order valence-electron chi connectivity index (χ0n) is 11.9. The molecule has 0 aromatic carbocycles. The molecule has 1 aliphatic heterocycles. The van der Waals surface area contributed by atoms with Gasteiger partial charge in [0.25, 0.3) is 5.91 Å². The van der Waals surface area contributed by atoms with Crippen LogP contribution in [0.4, 0.5) is 0 Å². The summed E-state index contributed by atoms with van der Waals surface area (Å²) in [6, 6.07) is 4.31. The molecule has 0 bridgehead atoms. The summed E-state index contributed by atoms with van der Waals surface area (Å²) in [5, 5.41) is 4.93. The lowest BCUT2D eigenvalue weighted by Gasteiger charge is -2.13. The third-order valence-corrected chi connectivity index (χ3v) is 5.62.